The van der Waals surface area contributed by atoms with Gasteiger partial charge in [0.1, 0.15) is 0 Å². The van der Waals surface area contributed by atoms with Crippen LogP contribution in [-0.2, 0) is 9.59 Å². The van der Waals surface area contributed by atoms with Gasteiger partial charge < -0.3 is 10.4 Å². The topological polar surface area (TPSA) is 66.4 Å². The molecule has 0 heterocycles. The summed E-state index contributed by atoms with van der Waals surface area (Å²) in [7, 11) is 0. The molecule has 1 aliphatic carbocycles. The van der Waals surface area contributed by atoms with Gasteiger partial charge in [0.15, 0.2) is 0 Å². The van der Waals surface area contributed by atoms with Crippen LogP contribution < -0.4 is 5.32 Å². The molecule has 0 saturated heterocycles. The third kappa shape index (κ3) is 5.55. The molecule has 0 aromatic carbocycles. The van der Waals surface area contributed by atoms with Crippen molar-refractivity contribution in [3.8, 4) is 0 Å². The molecule has 0 aromatic heterocycles. The number of amides is 1. The molecular formula is C14H22F3NO3. The smallest absolute Gasteiger partial charge is 0.391 e. The number of rotatable bonds is 6. The van der Waals surface area contributed by atoms with E-state index in [1.165, 1.54) is 0 Å². The average molecular weight is 309 g/mol. The van der Waals surface area contributed by atoms with Gasteiger partial charge in [-0.3, -0.25) is 9.59 Å². The van der Waals surface area contributed by atoms with Gasteiger partial charge in [0.05, 0.1) is 11.8 Å². The Hall–Kier alpha value is -1.27. The molecule has 2 N–H and O–H groups in total. The van der Waals surface area contributed by atoms with Crippen molar-refractivity contribution in [2.45, 2.75) is 51.6 Å². The number of hydrogen-bond donors (Lipinski definition) is 2. The summed E-state index contributed by atoms with van der Waals surface area (Å²) in [5.41, 5.74) is 0. The Kier molecular flexibility index (Phi) is 6.48. The van der Waals surface area contributed by atoms with Crippen LogP contribution in [0.2, 0.25) is 0 Å². The lowest BCUT2D eigenvalue weighted by Crippen LogP contribution is -2.39. The molecule has 4 nitrogen and oxygen atoms in total. The minimum Gasteiger partial charge on any atom is -0.481 e. The first-order chi connectivity index (χ1) is 9.75. The third-order valence-electron chi connectivity index (χ3n) is 4.07. The predicted octanol–water partition coefficient (Wildman–Crippen LogP) is 2.97. The molecule has 0 aliphatic heterocycles. The Morgan fingerprint density at radius 3 is 2.24 bits per heavy atom. The number of carboxylic acid groups (broad SMARTS) is 1. The summed E-state index contributed by atoms with van der Waals surface area (Å²) in [4.78, 5) is 22.9. The first-order valence-corrected chi connectivity index (χ1v) is 7.32. The van der Waals surface area contributed by atoms with E-state index in [4.69, 9.17) is 5.11 Å². The van der Waals surface area contributed by atoms with Crippen molar-refractivity contribution in [3.63, 3.8) is 0 Å². The van der Waals surface area contributed by atoms with Crippen molar-refractivity contribution >= 4 is 11.9 Å². The van der Waals surface area contributed by atoms with Gasteiger partial charge in [-0.05, 0) is 32.1 Å². The lowest BCUT2D eigenvalue weighted by Gasteiger charge is -2.29. The van der Waals surface area contributed by atoms with Gasteiger partial charge in [-0.1, -0.05) is 13.3 Å². The van der Waals surface area contributed by atoms with Gasteiger partial charge in [-0.15, -0.1) is 0 Å². The van der Waals surface area contributed by atoms with Crippen LogP contribution in [-0.4, -0.2) is 29.7 Å². The molecule has 0 spiro atoms. The summed E-state index contributed by atoms with van der Waals surface area (Å²) >= 11 is 0. The summed E-state index contributed by atoms with van der Waals surface area (Å²) in [6.45, 7) is 1.90. The summed E-state index contributed by atoms with van der Waals surface area (Å²) in [6, 6.07) is 0. The molecule has 1 rings (SSSR count). The van der Waals surface area contributed by atoms with Crippen molar-refractivity contribution in [3.05, 3.63) is 0 Å². The van der Waals surface area contributed by atoms with Crippen LogP contribution in [0.5, 0.6) is 0 Å². The quantitative estimate of drug-likeness (QED) is 0.792. The van der Waals surface area contributed by atoms with Crippen LogP contribution in [0, 0.1) is 17.8 Å². The number of alkyl halides is 3. The van der Waals surface area contributed by atoms with Gasteiger partial charge in [0.25, 0.3) is 0 Å². The maximum absolute atomic E-state index is 12.5. The number of carbonyl (C=O) groups excluding carboxylic acids is 1. The van der Waals surface area contributed by atoms with E-state index >= 15 is 0 Å². The van der Waals surface area contributed by atoms with E-state index in [0.29, 0.717) is 12.8 Å². The Morgan fingerprint density at radius 1 is 1.24 bits per heavy atom. The van der Waals surface area contributed by atoms with Crippen LogP contribution in [0.4, 0.5) is 13.2 Å². The van der Waals surface area contributed by atoms with Crippen molar-refractivity contribution < 1.29 is 27.9 Å². The molecule has 0 bridgehead atoms. The fourth-order valence-corrected chi connectivity index (χ4v) is 2.71. The summed E-state index contributed by atoms with van der Waals surface area (Å²) < 4.78 is 37.6. The highest BCUT2D eigenvalue weighted by atomic mass is 19.4. The monoisotopic (exact) mass is 309 g/mol. The lowest BCUT2D eigenvalue weighted by atomic mass is 9.81. The van der Waals surface area contributed by atoms with E-state index in [1.807, 2.05) is 6.92 Å². The Labute approximate surface area is 122 Å². The van der Waals surface area contributed by atoms with E-state index in [9.17, 15) is 22.8 Å². The fraction of sp³-hybridized carbons (Fsp3) is 0.857. The molecule has 1 atom stereocenters. The molecule has 21 heavy (non-hydrogen) atoms. The molecule has 1 amide bonds. The number of aliphatic carboxylic acids is 1. The molecule has 1 aliphatic rings. The molecular weight excluding hydrogens is 287 g/mol. The zero-order valence-corrected chi connectivity index (χ0v) is 12.1. The van der Waals surface area contributed by atoms with Crippen LogP contribution in [0.3, 0.4) is 0 Å². The maximum atomic E-state index is 12.5. The maximum Gasteiger partial charge on any atom is 0.391 e. The van der Waals surface area contributed by atoms with Crippen molar-refractivity contribution in [1.82, 2.24) is 5.32 Å². The number of nitrogens with one attached hydrogen (secondary N) is 1. The molecule has 1 unspecified atom stereocenters. The summed E-state index contributed by atoms with van der Waals surface area (Å²) in [5.74, 6) is -3.66. The van der Waals surface area contributed by atoms with Gasteiger partial charge in [0, 0.05) is 12.5 Å². The zero-order valence-electron chi connectivity index (χ0n) is 12.1. The summed E-state index contributed by atoms with van der Waals surface area (Å²) in [6.07, 6.45) is -2.65. The minimum absolute atomic E-state index is 0.0289. The zero-order chi connectivity index (χ0) is 16.0. The highest BCUT2D eigenvalue weighted by Crippen LogP contribution is 2.39. The second-order valence-corrected chi connectivity index (χ2v) is 5.66. The highest BCUT2D eigenvalue weighted by Gasteiger charge is 2.42. The van der Waals surface area contributed by atoms with Crippen LogP contribution in [0.15, 0.2) is 0 Å². The standard InChI is InChI=1S/C14H22F3NO3/c1-2-3-10(13(20)21)8-18-12(19)9-4-6-11(7-5-9)14(15,16)17/h9-11H,2-8H2,1H3,(H,18,19)(H,20,21). The normalized spacial score (nSPS) is 24.4. The lowest BCUT2D eigenvalue weighted by molar-refractivity contribution is -0.184. The number of carbonyl (C=O) groups is 2. The Morgan fingerprint density at radius 2 is 1.81 bits per heavy atom. The number of halogens is 3. The Balaban J connectivity index is 2.39. The van der Waals surface area contributed by atoms with Crippen molar-refractivity contribution in [1.29, 1.82) is 0 Å². The number of hydrogen-bond acceptors (Lipinski definition) is 2. The fourth-order valence-electron chi connectivity index (χ4n) is 2.71. The molecule has 0 radical (unpaired) electrons. The first kappa shape index (κ1) is 17.8. The molecule has 7 heteroatoms. The van der Waals surface area contributed by atoms with E-state index in [2.05, 4.69) is 5.32 Å². The van der Waals surface area contributed by atoms with Crippen molar-refractivity contribution in [2.24, 2.45) is 17.8 Å². The predicted molar refractivity (Wildman–Crippen MR) is 70.5 cm³/mol. The highest BCUT2D eigenvalue weighted by molar-refractivity contribution is 5.79. The Bertz CT molecular complexity index is 363. The third-order valence-corrected chi connectivity index (χ3v) is 4.07. The van der Waals surface area contributed by atoms with E-state index in [-0.39, 0.29) is 38.1 Å². The molecule has 0 aromatic rings. The van der Waals surface area contributed by atoms with E-state index < -0.39 is 29.9 Å². The van der Waals surface area contributed by atoms with Gasteiger partial charge in [-0.25, -0.2) is 0 Å². The van der Waals surface area contributed by atoms with Gasteiger partial charge in [0.2, 0.25) is 5.91 Å². The van der Waals surface area contributed by atoms with Crippen molar-refractivity contribution in [2.75, 3.05) is 6.54 Å². The second kappa shape index (κ2) is 7.66. The average Bonchev–Trinajstić information content (AvgIpc) is 2.42. The largest absolute Gasteiger partial charge is 0.481 e. The van der Waals surface area contributed by atoms with E-state index in [0.717, 1.165) is 0 Å². The first-order valence-electron chi connectivity index (χ1n) is 7.32. The minimum atomic E-state index is -4.18. The van der Waals surface area contributed by atoms with Crippen LogP contribution in [0.25, 0.3) is 0 Å². The molecule has 122 valence electrons. The van der Waals surface area contributed by atoms with Gasteiger partial charge in [-0.2, -0.15) is 13.2 Å². The van der Waals surface area contributed by atoms with Crippen LogP contribution >= 0.6 is 0 Å². The van der Waals surface area contributed by atoms with Gasteiger partial charge >= 0.3 is 12.1 Å². The summed E-state index contributed by atoms with van der Waals surface area (Å²) in [5, 5.41) is 11.5. The number of carboxylic acids is 1. The molecule has 1 fully saturated rings. The molecule has 1 saturated carbocycles. The second-order valence-electron chi connectivity index (χ2n) is 5.66. The van der Waals surface area contributed by atoms with E-state index in [1.54, 1.807) is 0 Å². The van der Waals surface area contributed by atoms with Crippen LogP contribution in [0.1, 0.15) is 45.4 Å². The SMILES string of the molecule is CCCC(CNC(=O)C1CCC(C(F)(F)F)CC1)C(=O)O.